The quantitative estimate of drug-likeness (QED) is 0.880. The smallest absolute Gasteiger partial charge is 0.243 e. The molecule has 0 fully saturated rings. The molecule has 1 aromatic carbocycles. The van der Waals surface area contributed by atoms with Crippen molar-refractivity contribution in [3.8, 4) is 11.3 Å². The van der Waals surface area contributed by atoms with Crippen molar-refractivity contribution in [1.29, 1.82) is 0 Å². The number of nitrogens with two attached hydrogens (primary N) is 1. The van der Waals surface area contributed by atoms with Crippen molar-refractivity contribution in [2.24, 2.45) is 11.7 Å². The van der Waals surface area contributed by atoms with Gasteiger partial charge in [-0.3, -0.25) is 4.79 Å². The van der Waals surface area contributed by atoms with Crippen LogP contribution in [0.4, 0.5) is 5.13 Å². The number of hydrogen-bond acceptors (Lipinski definition) is 4. The fraction of sp³-hybridized carbons (Fsp3) is 0.333. The van der Waals surface area contributed by atoms with Gasteiger partial charge in [-0.2, -0.15) is 0 Å². The number of thiazole rings is 1. The number of halogens is 1. The molecule has 1 heterocycles. The van der Waals surface area contributed by atoms with Crippen molar-refractivity contribution < 1.29 is 4.79 Å². The van der Waals surface area contributed by atoms with Gasteiger partial charge in [0.15, 0.2) is 5.13 Å². The van der Waals surface area contributed by atoms with Crippen molar-refractivity contribution in [3.05, 3.63) is 34.7 Å². The van der Waals surface area contributed by atoms with Crippen molar-refractivity contribution in [1.82, 2.24) is 4.98 Å². The molecule has 2 aromatic rings. The summed E-state index contributed by atoms with van der Waals surface area (Å²) in [6, 6.07) is 6.96. The Morgan fingerprint density at radius 3 is 2.81 bits per heavy atom. The van der Waals surface area contributed by atoms with Gasteiger partial charge in [-0.15, -0.1) is 11.3 Å². The lowest BCUT2D eigenvalue weighted by Crippen LogP contribution is -2.36. The van der Waals surface area contributed by atoms with E-state index in [0.717, 1.165) is 11.3 Å². The number of nitrogens with one attached hydrogen (secondary N) is 1. The molecule has 0 radical (unpaired) electrons. The highest BCUT2D eigenvalue weighted by molar-refractivity contribution is 7.14. The molecular formula is C15H18ClN3OS. The molecule has 0 aliphatic heterocycles. The summed E-state index contributed by atoms with van der Waals surface area (Å²) in [4.78, 5) is 16.4. The molecule has 1 atom stereocenters. The van der Waals surface area contributed by atoms with E-state index < -0.39 is 6.04 Å². The first-order chi connectivity index (χ1) is 9.97. The summed E-state index contributed by atoms with van der Waals surface area (Å²) in [7, 11) is 0. The van der Waals surface area contributed by atoms with Crippen LogP contribution in [0.5, 0.6) is 0 Å². The number of benzene rings is 1. The van der Waals surface area contributed by atoms with E-state index in [4.69, 9.17) is 17.3 Å². The zero-order chi connectivity index (χ0) is 15.4. The first-order valence-electron chi connectivity index (χ1n) is 6.74. The van der Waals surface area contributed by atoms with Crippen molar-refractivity contribution in [3.63, 3.8) is 0 Å². The number of amides is 1. The largest absolute Gasteiger partial charge is 0.320 e. The van der Waals surface area contributed by atoms with E-state index in [2.05, 4.69) is 10.3 Å². The summed E-state index contributed by atoms with van der Waals surface area (Å²) in [6.07, 6.45) is 0.647. The minimum atomic E-state index is -0.516. The fourth-order valence-electron chi connectivity index (χ4n) is 1.94. The van der Waals surface area contributed by atoms with Gasteiger partial charge >= 0.3 is 0 Å². The maximum absolute atomic E-state index is 12.0. The number of carbonyl (C=O) groups is 1. The van der Waals surface area contributed by atoms with Gasteiger partial charge in [-0.05, 0) is 18.4 Å². The lowest BCUT2D eigenvalue weighted by Gasteiger charge is -2.12. The molecular weight excluding hydrogens is 306 g/mol. The van der Waals surface area contributed by atoms with Gasteiger partial charge in [-0.1, -0.05) is 43.6 Å². The Morgan fingerprint density at radius 2 is 2.14 bits per heavy atom. The van der Waals surface area contributed by atoms with Crippen LogP contribution >= 0.6 is 22.9 Å². The topological polar surface area (TPSA) is 68.0 Å². The third-order valence-electron chi connectivity index (χ3n) is 2.95. The minimum absolute atomic E-state index is 0.205. The molecule has 0 saturated carbocycles. The predicted octanol–water partition coefficient (Wildman–Crippen LogP) is 3.78. The highest BCUT2D eigenvalue weighted by Gasteiger charge is 2.17. The lowest BCUT2D eigenvalue weighted by atomic mass is 10.0. The molecule has 6 heteroatoms. The molecule has 0 aliphatic carbocycles. The number of rotatable bonds is 5. The van der Waals surface area contributed by atoms with E-state index in [9.17, 15) is 4.79 Å². The van der Waals surface area contributed by atoms with Gasteiger partial charge in [-0.25, -0.2) is 4.98 Å². The zero-order valence-electron chi connectivity index (χ0n) is 12.0. The maximum atomic E-state index is 12.0. The molecule has 21 heavy (non-hydrogen) atoms. The molecule has 1 amide bonds. The van der Waals surface area contributed by atoms with Crippen LogP contribution in [0, 0.1) is 5.92 Å². The SMILES string of the molecule is CC(C)C[C@H](N)C(=O)Nc1nc(-c2ccccc2Cl)cs1. The van der Waals surface area contributed by atoms with Crippen LogP contribution < -0.4 is 11.1 Å². The van der Waals surface area contributed by atoms with E-state index >= 15 is 0 Å². The number of aromatic nitrogens is 1. The summed E-state index contributed by atoms with van der Waals surface area (Å²) in [5.41, 5.74) is 7.45. The maximum Gasteiger partial charge on any atom is 0.243 e. The second-order valence-electron chi connectivity index (χ2n) is 5.24. The van der Waals surface area contributed by atoms with Gasteiger partial charge < -0.3 is 11.1 Å². The standard InChI is InChI=1S/C15H18ClN3OS/c1-9(2)7-12(17)14(20)19-15-18-13(8-21-15)10-5-3-4-6-11(10)16/h3-6,8-9,12H,7,17H2,1-2H3,(H,18,19,20)/t12-/m0/s1. The molecule has 0 spiro atoms. The van der Waals surface area contributed by atoms with E-state index in [1.807, 2.05) is 43.5 Å². The average Bonchev–Trinajstić information content (AvgIpc) is 2.86. The van der Waals surface area contributed by atoms with Crippen molar-refractivity contribution in [2.75, 3.05) is 5.32 Å². The molecule has 0 unspecified atom stereocenters. The van der Waals surface area contributed by atoms with Crippen molar-refractivity contribution in [2.45, 2.75) is 26.3 Å². The normalized spacial score (nSPS) is 12.4. The monoisotopic (exact) mass is 323 g/mol. The number of anilines is 1. The molecule has 2 rings (SSSR count). The number of hydrogen-bond donors (Lipinski definition) is 2. The highest BCUT2D eigenvalue weighted by atomic mass is 35.5. The third-order valence-corrected chi connectivity index (χ3v) is 4.03. The van der Waals surface area contributed by atoms with Crippen LogP contribution in [0.2, 0.25) is 5.02 Å². The van der Waals surface area contributed by atoms with Gasteiger partial charge in [0.1, 0.15) is 0 Å². The molecule has 0 aliphatic rings. The van der Waals surface area contributed by atoms with Crippen LogP contribution in [0.25, 0.3) is 11.3 Å². The van der Waals surface area contributed by atoms with Crippen LogP contribution in [-0.2, 0) is 4.79 Å². The summed E-state index contributed by atoms with van der Waals surface area (Å²) in [6.45, 7) is 4.07. The van der Waals surface area contributed by atoms with Gasteiger partial charge in [0, 0.05) is 16.0 Å². The van der Waals surface area contributed by atoms with Crippen LogP contribution in [0.3, 0.4) is 0 Å². The lowest BCUT2D eigenvalue weighted by molar-refractivity contribution is -0.117. The van der Waals surface area contributed by atoms with Crippen LogP contribution in [0.1, 0.15) is 20.3 Å². The first-order valence-corrected chi connectivity index (χ1v) is 8.00. The highest BCUT2D eigenvalue weighted by Crippen LogP contribution is 2.30. The Bertz CT molecular complexity index is 627. The third kappa shape index (κ3) is 4.27. The predicted molar refractivity (Wildman–Crippen MR) is 88.6 cm³/mol. The molecule has 4 nitrogen and oxygen atoms in total. The van der Waals surface area contributed by atoms with Crippen LogP contribution in [-0.4, -0.2) is 16.9 Å². The van der Waals surface area contributed by atoms with E-state index in [1.165, 1.54) is 11.3 Å². The molecule has 3 N–H and O–H groups in total. The average molecular weight is 324 g/mol. The second kappa shape index (κ2) is 7.02. The van der Waals surface area contributed by atoms with Gasteiger partial charge in [0.2, 0.25) is 5.91 Å². The Labute approximate surface area is 133 Å². The van der Waals surface area contributed by atoms with E-state index in [1.54, 1.807) is 0 Å². The summed E-state index contributed by atoms with van der Waals surface area (Å²) < 4.78 is 0. The fourth-order valence-corrected chi connectivity index (χ4v) is 2.88. The Balaban J connectivity index is 2.07. The van der Waals surface area contributed by atoms with Gasteiger partial charge in [0.05, 0.1) is 11.7 Å². The second-order valence-corrected chi connectivity index (χ2v) is 6.51. The van der Waals surface area contributed by atoms with E-state index in [0.29, 0.717) is 22.5 Å². The Hall–Kier alpha value is -1.43. The molecule has 112 valence electrons. The zero-order valence-corrected chi connectivity index (χ0v) is 13.5. The van der Waals surface area contributed by atoms with Crippen molar-refractivity contribution >= 4 is 34.0 Å². The van der Waals surface area contributed by atoms with E-state index in [-0.39, 0.29) is 5.91 Å². The minimum Gasteiger partial charge on any atom is -0.320 e. The summed E-state index contributed by atoms with van der Waals surface area (Å²) in [5, 5.41) is 5.80. The van der Waals surface area contributed by atoms with Gasteiger partial charge in [0.25, 0.3) is 0 Å². The summed E-state index contributed by atoms with van der Waals surface area (Å²) in [5.74, 6) is 0.171. The number of nitrogens with zero attached hydrogens (tertiary/aromatic N) is 1. The molecule has 0 bridgehead atoms. The number of carbonyl (C=O) groups excluding carboxylic acids is 1. The molecule has 1 aromatic heterocycles. The first kappa shape index (κ1) is 15.9. The molecule has 0 saturated heterocycles. The summed E-state index contributed by atoms with van der Waals surface area (Å²) >= 11 is 7.50. The van der Waals surface area contributed by atoms with Crippen LogP contribution in [0.15, 0.2) is 29.6 Å². The Morgan fingerprint density at radius 1 is 1.43 bits per heavy atom. The Kier molecular flexibility index (Phi) is 5.33.